The second-order valence-corrected chi connectivity index (χ2v) is 5.33. The maximum Gasteiger partial charge on any atom is 0.337 e. The predicted octanol–water partition coefficient (Wildman–Crippen LogP) is -0.425. The molecule has 1 fully saturated rings. The van der Waals surface area contributed by atoms with Gasteiger partial charge in [0, 0.05) is 0 Å². The van der Waals surface area contributed by atoms with Gasteiger partial charge >= 0.3 is 12.0 Å². The van der Waals surface area contributed by atoms with Gasteiger partial charge in [0.1, 0.15) is 6.54 Å². The first-order chi connectivity index (χ1) is 9.70. The number of likely N-dealkylation sites (tertiary alicyclic amines) is 1. The Morgan fingerprint density at radius 1 is 1.25 bits per heavy atom. The number of urea groups is 1. The molecule has 2 heterocycles. The number of nitrogens with one attached hydrogen (secondary N) is 3. The smallest absolute Gasteiger partial charge is 0.337 e. The minimum Gasteiger partial charge on any atom is -0.463 e. The molecule has 20 heavy (non-hydrogen) atoms. The highest BCUT2D eigenvalue weighted by Crippen LogP contribution is 2.07. The zero-order valence-electron chi connectivity index (χ0n) is 12.1. The van der Waals surface area contributed by atoms with Gasteiger partial charge < -0.3 is 20.3 Å². The molecule has 6 nitrogen and oxygen atoms in total. The minimum absolute atomic E-state index is 0.234. The van der Waals surface area contributed by atoms with Gasteiger partial charge in [0.05, 0.1) is 37.5 Å². The highest BCUT2D eigenvalue weighted by atomic mass is 16.5. The molecule has 2 rings (SSSR count). The standard InChI is InChI=1S/C14H23N3O3/c1-2-20-13(18)11-9-15-14(19)16-12(11)10-17-7-5-3-4-6-8-17/h2-10H2,1H3,(H2,15,16,19)/p+1. The molecule has 112 valence electrons. The monoisotopic (exact) mass is 282 g/mol. The van der Waals surface area contributed by atoms with E-state index >= 15 is 0 Å². The quantitative estimate of drug-likeness (QED) is 0.613. The van der Waals surface area contributed by atoms with Crippen LogP contribution in [-0.4, -0.2) is 44.8 Å². The molecule has 0 spiro atoms. The first-order valence-electron chi connectivity index (χ1n) is 7.48. The summed E-state index contributed by atoms with van der Waals surface area (Å²) < 4.78 is 5.06. The fourth-order valence-electron chi connectivity index (χ4n) is 2.75. The number of carbonyl (C=O) groups is 2. The van der Waals surface area contributed by atoms with E-state index < -0.39 is 0 Å². The maximum atomic E-state index is 11.9. The van der Waals surface area contributed by atoms with Gasteiger partial charge in [-0.05, 0) is 32.6 Å². The van der Waals surface area contributed by atoms with Gasteiger partial charge in [-0.25, -0.2) is 9.59 Å². The first-order valence-corrected chi connectivity index (χ1v) is 7.48. The Morgan fingerprint density at radius 2 is 1.95 bits per heavy atom. The fraction of sp³-hybridized carbons (Fsp3) is 0.714. The Balaban J connectivity index is 2.08. The van der Waals surface area contributed by atoms with Gasteiger partial charge in [-0.15, -0.1) is 0 Å². The van der Waals surface area contributed by atoms with Crippen molar-refractivity contribution in [3.05, 3.63) is 11.3 Å². The summed E-state index contributed by atoms with van der Waals surface area (Å²) in [5.74, 6) is -0.329. The van der Waals surface area contributed by atoms with Crippen LogP contribution in [0.25, 0.3) is 0 Å². The molecule has 0 aliphatic carbocycles. The van der Waals surface area contributed by atoms with Crippen LogP contribution in [0.5, 0.6) is 0 Å². The van der Waals surface area contributed by atoms with E-state index in [1.165, 1.54) is 30.6 Å². The third-order valence-electron chi connectivity index (χ3n) is 3.81. The van der Waals surface area contributed by atoms with Gasteiger partial charge in [0.2, 0.25) is 0 Å². The summed E-state index contributed by atoms with van der Waals surface area (Å²) in [6.07, 6.45) is 4.98. The van der Waals surface area contributed by atoms with E-state index in [-0.39, 0.29) is 18.5 Å². The lowest BCUT2D eigenvalue weighted by Crippen LogP contribution is -3.12. The van der Waals surface area contributed by atoms with Gasteiger partial charge in [-0.1, -0.05) is 0 Å². The van der Waals surface area contributed by atoms with E-state index in [1.807, 2.05) is 0 Å². The van der Waals surface area contributed by atoms with Crippen molar-refractivity contribution in [2.75, 3.05) is 32.8 Å². The Bertz CT molecular complexity index is 398. The molecule has 0 atom stereocenters. The van der Waals surface area contributed by atoms with E-state index in [4.69, 9.17) is 4.74 Å². The Hall–Kier alpha value is -1.56. The minimum atomic E-state index is -0.329. The number of ether oxygens (including phenoxy) is 1. The number of esters is 1. The van der Waals surface area contributed by atoms with Crippen LogP contribution >= 0.6 is 0 Å². The third kappa shape index (κ3) is 3.96. The van der Waals surface area contributed by atoms with Crippen LogP contribution in [0.15, 0.2) is 11.3 Å². The zero-order chi connectivity index (χ0) is 14.4. The number of carbonyl (C=O) groups excluding carboxylic acids is 2. The van der Waals surface area contributed by atoms with Crippen molar-refractivity contribution in [1.29, 1.82) is 0 Å². The van der Waals surface area contributed by atoms with Gasteiger partial charge in [0.25, 0.3) is 0 Å². The van der Waals surface area contributed by atoms with Crippen molar-refractivity contribution >= 4 is 12.0 Å². The molecular weight excluding hydrogens is 258 g/mol. The summed E-state index contributed by atoms with van der Waals surface area (Å²) in [5.41, 5.74) is 1.28. The van der Waals surface area contributed by atoms with Crippen molar-refractivity contribution in [3.63, 3.8) is 0 Å². The van der Waals surface area contributed by atoms with Gasteiger partial charge in [-0.3, -0.25) is 0 Å². The molecule has 1 saturated heterocycles. The topological polar surface area (TPSA) is 71.9 Å². The van der Waals surface area contributed by atoms with E-state index in [9.17, 15) is 9.59 Å². The predicted molar refractivity (Wildman–Crippen MR) is 74.2 cm³/mol. The average molecular weight is 282 g/mol. The molecule has 2 aliphatic heterocycles. The number of quaternary nitrogens is 1. The van der Waals surface area contributed by atoms with Crippen LogP contribution in [0.1, 0.15) is 32.6 Å². The van der Waals surface area contributed by atoms with Crippen molar-refractivity contribution in [2.24, 2.45) is 0 Å². The van der Waals surface area contributed by atoms with Crippen LogP contribution in [0, 0.1) is 0 Å². The summed E-state index contributed by atoms with van der Waals surface area (Å²) in [5, 5.41) is 5.41. The molecule has 2 amide bonds. The molecule has 0 aromatic rings. The lowest BCUT2D eigenvalue weighted by molar-refractivity contribution is -0.894. The van der Waals surface area contributed by atoms with Crippen LogP contribution < -0.4 is 15.5 Å². The average Bonchev–Trinajstić information content (AvgIpc) is 2.68. The van der Waals surface area contributed by atoms with Crippen LogP contribution in [0.4, 0.5) is 4.79 Å². The molecule has 0 saturated carbocycles. The Morgan fingerprint density at radius 3 is 2.60 bits per heavy atom. The van der Waals surface area contributed by atoms with Crippen molar-refractivity contribution in [1.82, 2.24) is 10.6 Å². The normalized spacial score (nSPS) is 20.9. The molecule has 2 aliphatic rings. The SMILES string of the molecule is CCOC(=O)C1=C(C[NH+]2CCCCCC2)NC(=O)NC1. The second kappa shape index (κ2) is 7.28. The van der Waals surface area contributed by atoms with Crippen LogP contribution in [0.2, 0.25) is 0 Å². The van der Waals surface area contributed by atoms with Crippen molar-refractivity contribution in [2.45, 2.75) is 32.6 Å². The van der Waals surface area contributed by atoms with E-state index in [0.717, 1.165) is 18.8 Å². The third-order valence-corrected chi connectivity index (χ3v) is 3.81. The zero-order valence-corrected chi connectivity index (χ0v) is 12.1. The number of hydrogen-bond donors (Lipinski definition) is 3. The molecule has 3 N–H and O–H groups in total. The summed E-state index contributed by atoms with van der Waals surface area (Å²) in [7, 11) is 0. The Labute approximate surface area is 119 Å². The summed E-state index contributed by atoms with van der Waals surface area (Å²) >= 11 is 0. The molecule has 0 unspecified atom stereocenters. The Kier molecular flexibility index (Phi) is 5.40. The highest BCUT2D eigenvalue weighted by molar-refractivity contribution is 5.93. The lowest BCUT2D eigenvalue weighted by atomic mass is 10.1. The second-order valence-electron chi connectivity index (χ2n) is 5.33. The van der Waals surface area contributed by atoms with Gasteiger partial charge in [0.15, 0.2) is 0 Å². The number of hydrogen-bond acceptors (Lipinski definition) is 3. The van der Waals surface area contributed by atoms with Gasteiger partial charge in [-0.2, -0.15) is 0 Å². The first kappa shape index (κ1) is 14.8. The van der Waals surface area contributed by atoms with E-state index in [2.05, 4.69) is 10.6 Å². The molecule has 6 heteroatoms. The van der Waals surface area contributed by atoms with E-state index in [0.29, 0.717) is 18.7 Å². The van der Waals surface area contributed by atoms with Crippen molar-refractivity contribution < 1.29 is 19.2 Å². The molecule has 0 bridgehead atoms. The summed E-state index contributed by atoms with van der Waals surface area (Å²) in [6.45, 7) is 5.29. The fourth-order valence-corrected chi connectivity index (χ4v) is 2.75. The van der Waals surface area contributed by atoms with E-state index in [1.54, 1.807) is 6.92 Å². The lowest BCUT2D eigenvalue weighted by Gasteiger charge is -2.24. The van der Waals surface area contributed by atoms with Crippen molar-refractivity contribution in [3.8, 4) is 0 Å². The molecular formula is C14H24N3O3+. The maximum absolute atomic E-state index is 11.9. The largest absolute Gasteiger partial charge is 0.463 e. The molecule has 0 aromatic carbocycles. The summed E-state index contributed by atoms with van der Waals surface area (Å²) in [6, 6.07) is -0.234. The van der Waals surface area contributed by atoms with Crippen LogP contribution in [-0.2, 0) is 9.53 Å². The number of amides is 2. The highest BCUT2D eigenvalue weighted by Gasteiger charge is 2.26. The summed E-state index contributed by atoms with van der Waals surface area (Å²) in [4.78, 5) is 24.9. The molecule has 0 radical (unpaired) electrons. The van der Waals surface area contributed by atoms with Crippen LogP contribution in [0.3, 0.4) is 0 Å². The number of rotatable bonds is 4. The molecule has 0 aromatic heterocycles.